The van der Waals surface area contributed by atoms with E-state index < -0.39 is 87.9 Å². The number of phenolic OH excluding ortho intramolecular Hbond substituents is 1. The molecule has 49 heavy (non-hydrogen) atoms. The monoisotopic (exact) mass is 685 g/mol. The van der Waals surface area contributed by atoms with Crippen molar-refractivity contribution in [2.75, 3.05) is 51.6 Å². The second-order valence-electron chi connectivity index (χ2n) is 14.8. The van der Waals surface area contributed by atoms with Gasteiger partial charge >= 0.3 is 6.09 Å². The minimum Gasteiger partial charge on any atom is -0.508 e. The number of ether oxygens (including phenoxy) is 1. The second-order valence-corrected chi connectivity index (χ2v) is 14.8. The van der Waals surface area contributed by atoms with E-state index >= 15 is 0 Å². The van der Waals surface area contributed by atoms with Crippen LogP contribution in [0.15, 0.2) is 23.0 Å². The number of phenols is 1. The summed E-state index contributed by atoms with van der Waals surface area (Å²) in [7, 11) is 6.48. The van der Waals surface area contributed by atoms with Crippen molar-refractivity contribution < 1.29 is 49.1 Å². The molecule has 3 aliphatic carbocycles. The molecule has 4 rings (SSSR count). The Balaban J connectivity index is 1.81. The van der Waals surface area contributed by atoms with Crippen LogP contribution in [0.4, 0.5) is 16.2 Å². The number of nitrogens with two attached hydrogens (primary N) is 1. The molecule has 1 fully saturated rings. The number of aromatic hydroxyl groups is 1. The molecule has 1 aromatic carbocycles. The largest absolute Gasteiger partial charge is 0.508 e. The second kappa shape index (κ2) is 13.0. The van der Waals surface area contributed by atoms with Crippen LogP contribution in [-0.4, -0.2) is 118 Å². The average molecular weight is 686 g/mol. The number of carbonyl (C=O) groups excluding carboxylic acids is 5. The highest BCUT2D eigenvalue weighted by Crippen LogP contribution is 2.54. The minimum atomic E-state index is -2.78. The summed E-state index contributed by atoms with van der Waals surface area (Å²) in [5, 5.41) is 48.8. The molecule has 0 spiro atoms. The molecule has 1 saturated carbocycles. The fourth-order valence-electron chi connectivity index (χ4n) is 7.01. The fourth-order valence-corrected chi connectivity index (χ4v) is 7.01. The van der Waals surface area contributed by atoms with Gasteiger partial charge in [0.15, 0.2) is 11.4 Å². The van der Waals surface area contributed by atoms with Crippen molar-refractivity contribution in [1.82, 2.24) is 9.80 Å². The summed E-state index contributed by atoms with van der Waals surface area (Å²) >= 11 is 0. The molecule has 0 aliphatic heterocycles. The molecule has 3 amide bonds. The summed E-state index contributed by atoms with van der Waals surface area (Å²) in [6.45, 7) is 8.68. The van der Waals surface area contributed by atoms with Gasteiger partial charge in [-0.15, -0.1) is 0 Å². The van der Waals surface area contributed by atoms with Crippen LogP contribution in [-0.2, 0) is 30.3 Å². The first-order valence-corrected chi connectivity index (χ1v) is 16.0. The molecule has 4 atom stereocenters. The lowest BCUT2D eigenvalue weighted by Gasteiger charge is -2.50. The highest BCUT2D eigenvalue weighted by molar-refractivity contribution is 6.24. The number of fused-ring (bicyclic) bond motifs is 3. The van der Waals surface area contributed by atoms with Crippen LogP contribution >= 0.6 is 0 Å². The zero-order valence-corrected chi connectivity index (χ0v) is 29.4. The Labute approximate surface area is 285 Å². The number of aliphatic hydroxyl groups excluding tert-OH is 2. The van der Waals surface area contributed by atoms with Crippen LogP contribution in [0.2, 0.25) is 0 Å². The predicted molar refractivity (Wildman–Crippen MR) is 180 cm³/mol. The average Bonchev–Trinajstić information content (AvgIpc) is 2.96. The quantitative estimate of drug-likeness (QED) is 0.170. The molecule has 0 saturated heterocycles. The SMILES string of the molecule is CC(C)COC(=O)N(CC(=O)Nc1cc(N(C)C)c2c(c1O)C(O)=C1C(=O)[C@]3(O)C(O)=C(C(N)=O)C(=O)[C@@H](N(C)C)[C@@H]3C[C@@H]1C2)C(C)(C)C. The third-order valence-electron chi connectivity index (χ3n) is 9.33. The number of amides is 3. The number of rotatable bonds is 8. The highest BCUT2D eigenvalue weighted by atomic mass is 16.6. The molecule has 1 aromatic rings. The van der Waals surface area contributed by atoms with E-state index in [-0.39, 0.29) is 42.2 Å². The number of anilines is 2. The maximum Gasteiger partial charge on any atom is 0.410 e. The molecule has 0 aromatic heterocycles. The molecule has 15 nitrogen and oxygen atoms in total. The Kier molecular flexibility index (Phi) is 9.87. The number of likely N-dealkylation sites (N-methyl/N-ethyl adjacent to an activating group) is 1. The number of aliphatic hydroxyl groups is 3. The molecule has 0 bridgehead atoms. The zero-order chi connectivity index (χ0) is 37.1. The van der Waals surface area contributed by atoms with Gasteiger partial charge in [-0.05, 0) is 71.2 Å². The van der Waals surface area contributed by atoms with E-state index in [0.29, 0.717) is 11.3 Å². The first-order chi connectivity index (χ1) is 22.5. The van der Waals surface area contributed by atoms with Gasteiger partial charge in [-0.1, -0.05) is 13.8 Å². The van der Waals surface area contributed by atoms with Crippen molar-refractivity contribution in [3.05, 3.63) is 34.1 Å². The van der Waals surface area contributed by atoms with Crippen LogP contribution in [0.3, 0.4) is 0 Å². The molecule has 0 heterocycles. The Morgan fingerprint density at radius 3 is 2.22 bits per heavy atom. The van der Waals surface area contributed by atoms with Gasteiger partial charge in [-0.25, -0.2) is 4.79 Å². The predicted octanol–water partition coefficient (Wildman–Crippen LogP) is 1.86. The van der Waals surface area contributed by atoms with Gasteiger partial charge in [0.05, 0.1) is 23.9 Å². The van der Waals surface area contributed by atoms with Gasteiger partial charge in [0.1, 0.15) is 29.4 Å². The number of benzene rings is 1. The van der Waals surface area contributed by atoms with Gasteiger partial charge in [0.2, 0.25) is 11.7 Å². The lowest BCUT2D eigenvalue weighted by Crippen LogP contribution is -2.65. The topological polar surface area (TPSA) is 223 Å². The molecule has 0 unspecified atom stereocenters. The smallest absolute Gasteiger partial charge is 0.410 e. The van der Waals surface area contributed by atoms with Gasteiger partial charge in [-0.2, -0.15) is 0 Å². The van der Waals surface area contributed by atoms with Crippen molar-refractivity contribution in [3.8, 4) is 5.75 Å². The zero-order valence-electron chi connectivity index (χ0n) is 29.4. The van der Waals surface area contributed by atoms with Crippen molar-refractivity contribution in [2.45, 2.75) is 64.6 Å². The van der Waals surface area contributed by atoms with Crippen LogP contribution in [0, 0.1) is 17.8 Å². The third-order valence-corrected chi connectivity index (χ3v) is 9.33. The van der Waals surface area contributed by atoms with Crippen LogP contribution in [0.5, 0.6) is 5.75 Å². The number of hydrogen-bond acceptors (Lipinski definition) is 12. The van der Waals surface area contributed by atoms with Gasteiger partial charge < -0.3 is 41.1 Å². The van der Waals surface area contributed by atoms with E-state index in [0.717, 1.165) is 0 Å². The van der Waals surface area contributed by atoms with Crippen molar-refractivity contribution in [1.29, 1.82) is 0 Å². The van der Waals surface area contributed by atoms with Crippen LogP contribution in [0.25, 0.3) is 5.76 Å². The molecule has 0 radical (unpaired) electrons. The van der Waals surface area contributed by atoms with E-state index in [1.54, 1.807) is 39.8 Å². The summed E-state index contributed by atoms with van der Waals surface area (Å²) in [4.78, 5) is 70.4. The number of primary amides is 1. The van der Waals surface area contributed by atoms with Crippen LogP contribution in [0.1, 0.15) is 52.2 Å². The highest BCUT2D eigenvalue weighted by Gasteiger charge is 2.64. The maximum absolute atomic E-state index is 14.2. The van der Waals surface area contributed by atoms with E-state index in [9.17, 15) is 44.4 Å². The van der Waals surface area contributed by atoms with E-state index in [2.05, 4.69) is 5.32 Å². The number of hydrogen-bond donors (Lipinski definition) is 6. The Morgan fingerprint density at radius 2 is 1.71 bits per heavy atom. The maximum atomic E-state index is 14.2. The molecule has 3 aliphatic rings. The fraction of sp³-hybridized carbons (Fsp3) is 0.559. The van der Waals surface area contributed by atoms with E-state index in [1.807, 2.05) is 13.8 Å². The number of Topliss-reactive ketones (excluding diaryl/α,β-unsaturated/α-hetero) is 2. The summed E-state index contributed by atoms with van der Waals surface area (Å²) in [5.41, 5.74) is 1.19. The van der Waals surface area contributed by atoms with Gasteiger partial charge in [0.25, 0.3) is 5.91 Å². The van der Waals surface area contributed by atoms with Crippen LogP contribution < -0.4 is 16.0 Å². The Bertz CT molecular complexity index is 1670. The third kappa shape index (κ3) is 6.32. The number of nitrogens with one attached hydrogen (secondary N) is 1. The van der Waals surface area contributed by atoms with Gasteiger partial charge in [-0.3, -0.25) is 29.0 Å². The standard InChI is InChI=1S/C34H47N5O10/c1-15(2)14-49-32(47)39(33(3,4)5)13-21(40)36-19-12-20(37(6)7)17-10-16-11-18-25(38(8)9)28(43)24(31(35)46)30(45)34(18,48)29(44)22(16)27(42)23(17)26(19)41/h12,15-16,18,25,41-42,45,48H,10-11,13-14H2,1-9H3,(H2,35,46)(H,36,40)/t16-,18-,25-,34-/m0/s1. The molecular formula is C34H47N5O10. The first kappa shape index (κ1) is 37.2. The van der Waals surface area contributed by atoms with E-state index in [4.69, 9.17) is 10.5 Å². The number of carbonyl (C=O) groups is 5. The van der Waals surface area contributed by atoms with Gasteiger partial charge in [0, 0.05) is 36.8 Å². The molecule has 7 N–H and O–H groups in total. The minimum absolute atomic E-state index is 0.0621. The Morgan fingerprint density at radius 1 is 1.10 bits per heavy atom. The van der Waals surface area contributed by atoms with Crippen molar-refractivity contribution in [2.24, 2.45) is 23.5 Å². The summed E-state index contributed by atoms with van der Waals surface area (Å²) in [6, 6.07) is 0.302. The number of ketones is 2. The lowest BCUT2D eigenvalue weighted by molar-refractivity contribution is -0.153. The normalized spacial score (nSPS) is 23.6. The molecule has 268 valence electrons. The summed E-state index contributed by atoms with van der Waals surface area (Å²) in [5.74, 6) is -8.34. The van der Waals surface area contributed by atoms with E-state index in [1.165, 1.54) is 30.0 Å². The first-order valence-electron chi connectivity index (χ1n) is 16.0. The molecular weight excluding hydrogens is 638 g/mol. The van der Waals surface area contributed by atoms with Crippen molar-refractivity contribution in [3.63, 3.8) is 0 Å². The van der Waals surface area contributed by atoms with Crippen molar-refractivity contribution >= 4 is 46.6 Å². The lowest BCUT2D eigenvalue weighted by atomic mass is 9.57. The number of nitrogens with zero attached hydrogens (tertiary/aromatic N) is 3. The Hall–Kier alpha value is -4.63. The summed E-state index contributed by atoms with van der Waals surface area (Å²) in [6.07, 6.45) is -0.685. The molecule has 15 heteroatoms. The summed E-state index contributed by atoms with van der Waals surface area (Å²) < 4.78 is 5.36.